The van der Waals surface area contributed by atoms with Crippen molar-refractivity contribution in [2.24, 2.45) is 0 Å². The first-order valence-corrected chi connectivity index (χ1v) is 9.92. The Kier molecular flexibility index (Phi) is 7.82. The number of carbonyl (C=O) groups is 2. The van der Waals surface area contributed by atoms with Crippen molar-refractivity contribution in [1.82, 2.24) is 5.32 Å². The van der Waals surface area contributed by atoms with Crippen molar-refractivity contribution in [2.75, 3.05) is 11.9 Å². The Morgan fingerprint density at radius 1 is 1.14 bits per heavy atom. The molecule has 9 heteroatoms. The number of hydrogen-bond donors (Lipinski definition) is 3. The van der Waals surface area contributed by atoms with Crippen molar-refractivity contribution in [3.8, 4) is 5.75 Å². The Morgan fingerprint density at radius 2 is 1.79 bits per heavy atom. The number of anilines is 1. The number of hydrogen-bond acceptors (Lipinski definition) is 4. The van der Waals surface area contributed by atoms with E-state index >= 15 is 0 Å². The van der Waals surface area contributed by atoms with Crippen LogP contribution in [0.1, 0.15) is 29.8 Å². The van der Waals surface area contributed by atoms with Crippen LogP contribution in [0.2, 0.25) is 0 Å². The fourth-order valence-electron chi connectivity index (χ4n) is 2.39. The van der Waals surface area contributed by atoms with Gasteiger partial charge in [0.25, 0.3) is 5.91 Å². The van der Waals surface area contributed by atoms with Gasteiger partial charge in [-0.15, -0.1) is 0 Å². The third kappa shape index (κ3) is 6.49. The molecule has 3 N–H and O–H groups in total. The lowest BCUT2D eigenvalue weighted by molar-refractivity contribution is -0.135. The van der Waals surface area contributed by atoms with Crippen molar-refractivity contribution < 1.29 is 23.8 Å². The Hall–Kier alpha value is -2.13. The van der Waals surface area contributed by atoms with Gasteiger partial charge in [-0.25, -0.2) is 4.39 Å². The molecule has 0 bridgehead atoms. The lowest BCUT2D eigenvalue weighted by Crippen LogP contribution is -2.29. The Bertz CT molecular complexity index is 867. The first kappa shape index (κ1) is 22.2. The van der Waals surface area contributed by atoms with Gasteiger partial charge in [0.15, 0.2) is 0 Å². The zero-order valence-electron chi connectivity index (χ0n) is 15.2. The maximum absolute atomic E-state index is 13.8. The van der Waals surface area contributed by atoms with Crippen molar-refractivity contribution in [3.63, 3.8) is 0 Å². The van der Waals surface area contributed by atoms with E-state index in [1.54, 1.807) is 6.07 Å². The molecule has 0 unspecified atom stereocenters. The van der Waals surface area contributed by atoms with Gasteiger partial charge in [-0.05, 0) is 81.6 Å². The van der Waals surface area contributed by atoms with E-state index in [1.807, 2.05) is 13.8 Å². The van der Waals surface area contributed by atoms with E-state index in [0.717, 1.165) is 0 Å². The predicted molar refractivity (Wildman–Crippen MR) is 111 cm³/mol. The fraction of sp³-hybridized carbons (Fsp3) is 0.263. The topological polar surface area (TPSA) is 87.7 Å². The number of aliphatic carboxylic acids is 1. The summed E-state index contributed by atoms with van der Waals surface area (Å²) in [5, 5.41) is 14.1. The maximum atomic E-state index is 13.8. The molecule has 0 saturated heterocycles. The molecule has 0 aliphatic heterocycles. The lowest BCUT2D eigenvalue weighted by Gasteiger charge is -2.14. The highest BCUT2D eigenvalue weighted by Crippen LogP contribution is 2.35. The van der Waals surface area contributed by atoms with Crippen LogP contribution in [0.5, 0.6) is 5.75 Å². The predicted octanol–water partition coefficient (Wildman–Crippen LogP) is 4.56. The van der Waals surface area contributed by atoms with Crippen LogP contribution in [0.15, 0.2) is 39.3 Å². The Labute approximate surface area is 178 Å². The number of nitrogens with one attached hydrogen (secondary N) is 2. The standard InChI is InChI=1S/C19H19Br2FN2O4/c1-10(2)24-14-4-11(3-13(22)7-14)9-28-18-15(20)5-12(6-16(18)21)19(27)23-8-17(25)26/h3-7,10,24H,8-9H2,1-2H3,(H,23,27)(H,25,26). The molecule has 0 heterocycles. The summed E-state index contributed by atoms with van der Waals surface area (Å²) in [6.45, 7) is 3.57. The van der Waals surface area contributed by atoms with Crippen molar-refractivity contribution in [3.05, 3.63) is 56.2 Å². The number of benzene rings is 2. The largest absolute Gasteiger partial charge is 0.487 e. The van der Waals surface area contributed by atoms with Crippen molar-refractivity contribution in [2.45, 2.75) is 26.5 Å². The quantitative estimate of drug-likeness (QED) is 0.477. The van der Waals surface area contributed by atoms with Gasteiger partial charge in [0.1, 0.15) is 24.7 Å². The molecular formula is C19H19Br2FN2O4. The monoisotopic (exact) mass is 516 g/mol. The molecule has 0 aromatic heterocycles. The first-order chi connectivity index (χ1) is 13.2. The summed E-state index contributed by atoms with van der Waals surface area (Å²) in [5.41, 5.74) is 1.57. The molecule has 0 fully saturated rings. The van der Waals surface area contributed by atoms with Gasteiger partial charge in [0.05, 0.1) is 8.95 Å². The van der Waals surface area contributed by atoms with Gasteiger partial charge in [0, 0.05) is 17.3 Å². The number of carboxylic acid groups (broad SMARTS) is 1. The average molecular weight is 518 g/mol. The smallest absolute Gasteiger partial charge is 0.322 e. The molecule has 0 spiro atoms. The molecule has 1 amide bonds. The summed E-state index contributed by atoms with van der Waals surface area (Å²) in [6, 6.07) is 7.82. The first-order valence-electron chi connectivity index (χ1n) is 8.33. The van der Waals surface area contributed by atoms with Crippen LogP contribution in [-0.4, -0.2) is 29.6 Å². The molecular weight excluding hydrogens is 499 g/mol. The molecule has 2 rings (SSSR count). The number of rotatable bonds is 8. The van der Waals surface area contributed by atoms with E-state index in [2.05, 4.69) is 42.5 Å². The van der Waals surface area contributed by atoms with Gasteiger partial charge in [-0.3, -0.25) is 9.59 Å². The minimum Gasteiger partial charge on any atom is -0.487 e. The molecule has 0 radical (unpaired) electrons. The SMILES string of the molecule is CC(C)Nc1cc(F)cc(COc2c(Br)cc(C(=O)NCC(=O)O)cc2Br)c1. The van der Waals surface area contributed by atoms with Gasteiger partial charge in [-0.1, -0.05) is 0 Å². The number of ether oxygens (including phenoxy) is 1. The number of carboxylic acids is 1. The molecule has 0 aliphatic carbocycles. The summed E-state index contributed by atoms with van der Waals surface area (Å²) in [7, 11) is 0. The second-order valence-electron chi connectivity index (χ2n) is 6.28. The van der Waals surface area contributed by atoms with Crippen LogP contribution in [-0.2, 0) is 11.4 Å². The second-order valence-corrected chi connectivity index (χ2v) is 7.99. The Balaban J connectivity index is 2.13. The summed E-state index contributed by atoms with van der Waals surface area (Å²) in [6.07, 6.45) is 0. The zero-order chi connectivity index (χ0) is 20.8. The van der Waals surface area contributed by atoms with Crippen molar-refractivity contribution in [1.29, 1.82) is 0 Å². The van der Waals surface area contributed by atoms with E-state index in [-0.39, 0.29) is 24.0 Å². The van der Waals surface area contributed by atoms with Crippen LogP contribution in [0.25, 0.3) is 0 Å². The van der Waals surface area contributed by atoms with E-state index in [0.29, 0.717) is 25.9 Å². The summed E-state index contributed by atoms with van der Waals surface area (Å²) in [4.78, 5) is 22.6. The lowest BCUT2D eigenvalue weighted by atomic mass is 10.2. The van der Waals surface area contributed by atoms with E-state index < -0.39 is 18.4 Å². The van der Waals surface area contributed by atoms with Crippen LogP contribution >= 0.6 is 31.9 Å². The van der Waals surface area contributed by atoms with Crippen molar-refractivity contribution >= 4 is 49.4 Å². The highest BCUT2D eigenvalue weighted by atomic mass is 79.9. The molecule has 0 atom stereocenters. The molecule has 6 nitrogen and oxygen atoms in total. The van der Waals surface area contributed by atoms with Gasteiger partial charge >= 0.3 is 5.97 Å². The Morgan fingerprint density at radius 3 is 2.36 bits per heavy atom. The summed E-state index contributed by atoms with van der Waals surface area (Å²) >= 11 is 6.69. The van der Waals surface area contributed by atoms with Crippen LogP contribution in [0.3, 0.4) is 0 Å². The zero-order valence-corrected chi connectivity index (χ0v) is 18.4. The highest BCUT2D eigenvalue weighted by Gasteiger charge is 2.15. The van der Waals surface area contributed by atoms with E-state index in [9.17, 15) is 14.0 Å². The average Bonchev–Trinajstić information content (AvgIpc) is 2.57. The van der Waals surface area contributed by atoms with Crippen LogP contribution in [0.4, 0.5) is 10.1 Å². The molecule has 150 valence electrons. The molecule has 2 aromatic carbocycles. The third-order valence-electron chi connectivity index (χ3n) is 3.46. The fourth-order valence-corrected chi connectivity index (χ4v) is 3.81. The highest BCUT2D eigenvalue weighted by molar-refractivity contribution is 9.11. The number of halogens is 3. The van der Waals surface area contributed by atoms with Crippen LogP contribution < -0.4 is 15.4 Å². The van der Waals surface area contributed by atoms with Gasteiger partial charge in [0.2, 0.25) is 0 Å². The number of carbonyl (C=O) groups excluding carboxylic acids is 1. The van der Waals surface area contributed by atoms with E-state index in [4.69, 9.17) is 9.84 Å². The molecule has 0 saturated carbocycles. The number of amides is 1. The normalized spacial score (nSPS) is 10.6. The molecule has 28 heavy (non-hydrogen) atoms. The molecule has 0 aliphatic rings. The maximum Gasteiger partial charge on any atom is 0.322 e. The molecule has 2 aromatic rings. The third-order valence-corrected chi connectivity index (χ3v) is 4.63. The van der Waals surface area contributed by atoms with Crippen LogP contribution in [0, 0.1) is 5.82 Å². The minimum atomic E-state index is -1.13. The van der Waals surface area contributed by atoms with Gasteiger partial charge < -0.3 is 20.5 Å². The minimum absolute atomic E-state index is 0.117. The summed E-state index contributed by atoms with van der Waals surface area (Å²) in [5.74, 6) is -1.58. The van der Waals surface area contributed by atoms with E-state index in [1.165, 1.54) is 24.3 Å². The second kappa shape index (κ2) is 9.88. The van der Waals surface area contributed by atoms with Gasteiger partial charge in [-0.2, -0.15) is 0 Å². The summed E-state index contributed by atoms with van der Waals surface area (Å²) < 4.78 is 20.6.